The van der Waals surface area contributed by atoms with Gasteiger partial charge in [-0.3, -0.25) is 0 Å². The molecule has 1 aliphatic heterocycles. The summed E-state index contributed by atoms with van der Waals surface area (Å²) in [6.45, 7) is 6.72. The van der Waals surface area contributed by atoms with Gasteiger partial charge in [0, 0.05) is 49.7 Å². The predicted octanol–water partition coefficient (Wildman–Crippen LogP) is 6.22. The van der Waals surface area contributed by atoms with Crippen LogP contribution >= 0.6 is 0 Å². The third-order valence-electron chi connectivity index (χ3n) is 7.41. The molecule has 0 bridgehead atoms. The summed E-state index contributed by atoms with van der Waals surface area (Å²) >= 11 is 0. The van der Waals surface area contributed by atoms with Crippen molar-refractivity contribution in [3.8, 4) is 23.0 Å². The van der Waals surface area contributed by atoms with E-state index < -0.39 is 0 Å². The van der Waals surface area contributed by atoms with Crippen LogP contribution in [0.15, 0.2) is 97.1 Å². The van der Waals surface area contributed by atoms with E-state index in [1.165, 1.54) is 16.8 Å². The lowest BCUT2D eigenvalue weighted by atomic mass is 10.1. The summed E-state index contributed by atoms with van der Waals surface area (Å²) in [4.78, 5) is 4.73. The van der Waals surface area contributed by atoms with Crippen LogP contribution in [0.2, 0.25) is 0 Å². The molecular formula is C36H42N2O6. The molecule has 4 aromatic rings. The third kappa shape index (κ3) is 9.30. The van der Waals surface area contributed by atoms with Crippen molar-refractivity contribution in [1.29, 1.82) is 0 Å². The van der Waals surface area contributed by atoms with E-state index in [-0.39, 0.29) is 0 Å². The highest BCUT2D eigenvalue weighted by atomic mass is 16.5. The number of benzene rings is 4. The topological polar surface area (TPSA) is 61.9 Å². The van der Waals surface area contributed by atoms with Gasteiger partial charge in [-0.05, 0) is 59.7 Å². The molecule has 0 unspecified atom stereocenters. The Morgan fingerprint density at radius 3 is 1.91 bits per heavy atom. The standard InChI is InChI=1S/C36H42N2O6/c1-39-33-8-3-6-30(24-33)28-38(27-29-12-14-31(15-13-29)37-16-18-41-19-17-37)32-7-4-10-35(25-32)43-22-20-42-21-23-44-36-11-5-9-34(26-36)40-2/h3-15,24-26H,16-23,27-28H2,1-2H3. The maximum atomic E-state index is 6.07. The molecule has 0 aliphatic carbocycles. The van der Waals surface area contributed by atoms with E-state index in [0.29, 0.717) is 26.4 Å². The minimum Gasteiger partial charge on any atom is -0.497 e. The van der Waals surface area contributed by atoms with Gasteiger partial charge in [-0.1, -0.05) is 36.4 Å². The molecule has 0 radical (unpaired) electrons. The highest BCUT2D eigenvalue weighted by molar-refractivity contribution is 5.53. The fourth-order valence-electron chi connectivity index (χ4n) is 5.08. The number of rotatable bonds is 16. The summed E-state index contributed by atoms with van der Waals surface area (Å²) in [5, 5.41) is 0. The average Bonchev–Trinajstić information content (AvgIpc) is 3.08. The van der Waals surface area contributed by atoms with Crippen LogP contribution in [-0.2, 0) is 22.6 Å². The van der Waals surface area contributed by atoms with Crippen molar-refractivity contribution < 1.29 is 28.4 Å². The second-order valence-corrected chi connectivity index (χ2v) is 10.5. The molecule has 0 spiro atoms. The molecule has 0 N–H and O–H groups in total. The summed E-state index contributed by atoms with van der Waals surface area (Å²) in [6, 6.07) is 32.9. The lowest BCUT2D eigenvalue weighted by Gasteiger charge is -2.29. The van der Waals surface area contributed by atoms with E-state index in [0.717, 1.165) is 68.1 Å². The molecule has 0 saturated carbocycles. The number of nitrogens with zero attached hydrogens (tertiary/aromatic N) is 2. The summed E-state index contributed by atoms with van der Waals surface area (Å²) in [7, 11) is 3.34. The summed E-state index contributed by atoms with van der Waals surface area (Å²) < 4.78 is 33.8. The van der Waals surface area contributed by atoms with Crippen LogP contribution in [0.4, 0.5) is 11.4 Å². The van der Waals surface area contributed by atoms with Crippen LogP contribution < -0.4 is 28.7 Å². The van der Waals surface area contributed by atoms with Crippen molar-refractivity contribution in [3.05, 3.63) is 108 Å². The van der Waals surface area contributed by atoms with Gasteiger partial charge in [-0.2, -0.15) is 0 Å². The van der Waals surface area contributed by atoms with Gasteiger partial charge < -0.3 is 38.2 Å². The Morgan fingerprint density at radius 1 is 0.614 bits per heavy atom. The second-order valence-electron chi connectivity index (χ2n) is 10.5. The second kappa shape index (κ2) is 16.4. The zero-order chi connectivity index (χ0) is 30.4. The predicted molar refractivity (Wildman–Crippen MR) is 174 cm³/mol. The Balaban J connectivity index is 1.17. The minimum absolute atomic E-state index is 0.446. The van der Waals surface area contributed by atoms with E-state index in [1.54, 1.807) is 14.2 Å². The van der Waals surface area contributed by atoms with Crippen molar-refractivity contribution in [1.82, 2.24) is 0 Å². The normalized spacial score (nSPS) is 12.9. The molecule has 0 amide bonds. The van der Waals surface area contributed by atoms with Gasteiger partial charge in [0.15, 0.2) is 0 Å². The molecule has 44 heavy (non-hydrogen) atoms. The van der Waals surface area contributed by atoms with Gasteiger partial charge in [-0.25, -0.2) is 0 Å². The molecule has 1 fully saturated rings. The van der Waals surface area contributed by atoms with Crippen molar-refractivity contribution >= 4 is 11.4 Å². The van der Waals surface area contributed by atoms with Gasteiger partial charge in [0.05, 0.1) is 40.6 Å². The molecule has 4 aromatic carbocycles. The van der Waals surface area contributed by atoms with Crippen molar-refractivity contribution in [3.63, 3.8) is 0 Å². The van der Waals surface area contributed by atoms with Crippen LogP contribution in [0.1, 0.15) is 11.1 Å². The Kier molecular flexibility index (Phi) is 11.6. The Labute approximate surface area is 260 Å². The zero-order valence-corrected chi connectivity index (χ0v) is 25.7. The largest absolute Gasteiger partial charge is 0.497 e. The average molecular weight is 599 g/mol. The van der Waals surface area contributed by atoms with E-state index in [2.05, 4.69) is 58.3 Å². The van der Waals surface area contributed by atoms with Gasteiger partial charge in [-0.15, -0.1) is 0 Å². The number of hydrogen-bond acceptors (Lipinski definition) is 8. The molecule has 232 valence electrons. The lowest BCUT2D eigenvalue weighted by molar-refractivity contribution is 0.0764. The number of ether oxygens (including phenoxy) is 6. The summed E-state index contributed by atoms with van der Waals surface area (Å²) in [5.41, 5.74) is 4.72. The monoisotopic (exact) mass is 598 g/mol. The summed E-state index contributed by atoms with van der Waals surface area (Å²) in [6.07, 6.45) is 0. The van der Waals surface area contributed by atoms with Crippen LogP contribution in [0.25, 0.3) is 0 Å². The Morgan fingerprint density at radius 2 is 1.20 bits per heavy atom. The lowest BCUT2D eigenvalue weighted by Crippen LogP contribution is -2.36. The Hall–Kier alpha value is -4.40. The maximum Gasteiger partial charge on any atom is 0.123 e. The number of methoxy groups -OCH3 is 2. The van der Waals surface area contributed by atoms with Gasteiger partial charge in [0.1, 0.15) is 36.2 Å². The number of anilines is 2. The van der Waals surface area contributed by atoms with Crippen LogP contribution in [0, 0.1) is 0 Å². The Bertz CT molecular complexity index is 1420. The van der Waals surface area contributed by atoms with Crippen LogP contribution in [0.3, 0.4) is 0 Å². The summed E-state index contributed by atoms with van der Waals surface area (Å²) in [5.74, 6) is 3.18. The van der Waals surface area contributed by atoms with Crippen LogP contribution in [-0.4, -0.2) is 67.0 Å². The van der Waals surface area contributed by atoms with Gasteiger partial charge in [0.25, 0.3) is 0 Å². The minimum atomic E-state index is 0.446. The van der Waals surface area contributed by atoms with Crippen molar-refractivity contribution in [2.45, 2.75) is 13.1 Å². The fraction of sp³-hybridized carbons (Fsp3) is 0.333. The molecular weight excluding hydrogens is 556 g/mol. The first-order valence-corrected chi connectivity index (χ1v) is 15.1. The number of hydrogen-bond donors (Lipinski definition) is 0. The van der Waals surface area contributed by atoms with Gasteiger partial charge >= 0.3 is 0 Å². The highest BCUT2D eigenvalue weighted by Gasteiger charge is 2.14. The molecule has 5 rings (SSSR count). The first-order valence-electron chi connectivity index (χ1n) is 15.1. The molecule has 1 heterocycles. The molecule has 1 saturated heterocycles. The van der Waals surface area contributed by atoms with Crippen molar-refractivity contribution in [2.24, 2.45) is 0 Å². The molecule has 8 heteroatoms. The van der Waals surface area contributed by atoms with E-state index in [4.69, 9.17) is 28.4 Å². The first-order chi connectivity index (χ1) is 21.7. The smallest absolute Gasteiger partial charge is 0.123 e. The quantitative estimate of drug-likeness (QED) is 0.141. The van der Waals surface area contributed by atoms with Crippen molar-refractivity contribution in [2.75, 3.05) is 76.8 Å². The molecule has 0 atom stereocenters. The molecule has 8 nitrogen and oxygen atoms in total. The maximum absolute atomic E-state index is 6.07. The highest BCUT2D eigenvalue weighted by Crippen LogP contribution is 2.27. The number of morpholine rings is 1. The zero-order valence-electron chi connectivity index (χ0n) is 25.7. The fourth-order valence-corrected chi connectivity index (χ4v) is 5.08. The third-order valence-corrected chi connectivity index (χ3v) is 7.41. The van der Waals surface area contributed by atoms with Gasteiger partial charge in [0.2, 0.25) is 0 Å². The molecule has 0 aromatic heterocycles. The van der Waals surface area contributed by atoms with E-state index >= 15 is 0 Å². The van der Waals surface area contributed by atoms with Crippen LogP contribution in [0.5, 0.6) is 23.0 Å². The van der Waals surface area contributed by atoms with E-state index in [9.17, 15) is 0 Å². The first kappa shape index (κ1) is 31.0. The SMILES string of the molecule is COc1cccc(CN(Cc2ccc(N3CCOCC3)cc2)c2cccc(OCCOCCOc3cccc(OC)c3)c2)c1. The molecule has 1 aliphatic rings. The van der Waals surface area contributed by atoms with E-state index in [1.807, 2.05) is 48.5 Å².